The highest BCUT2D eigenvalue weighted by atomic mass is 16.3. The van der Waals surface area contributed by atoms with Gasteiger partial charge in [0, 0.05) is 0 Å². The Labute approximate surface area is 68.9 Å². The molecule has 1 fully saturated rings. The highest BCUT2D eigenvalue weighted by molar-refractivity contribution is 4.82. The van der Waals surface area contributed by atoms with Crippen LogP contribution < -0.4 is 0 Å². The first kappa shape index (κ1) is 10.9. The third kappa shape index (κ3) is 3.21. The monoisotopic (exact) mass is 160 g/mol. The van der Waals surface area contributed by atoms with Crippen molar-refractivity contribution in [3.8, 4) is 0 Å². The highest BCUT2D eigenvalue weighted by Crippen LogP contribution is 2.38. The van der Waals surface area contributed by atoms with Crippen LogP contribution in [-0.2, 0) is 0 Å². The third-order valence-corrected chi connectivity index (χ3v) is 2.36. The van der Waals surface area contributed by atoms with E-state index in [4.69, 9.17) is 0 Å². The summed E-state index contributed by atoms with van der Waals surface area (Å²) in [5.74, 6) is 0.707. The van der Waals surface area contributed by atoms with Crippen LogP contribution in [-0.4, -0.2) is 16.7 Å². The summed E-state index contributed by atoms with van der Waals surface area (Å²) in [4.78, 5) is 0. The first-order valence-electron chi connectivity index (χ1n) is 4.18. The van der Waals surface area contributed by atoms with Gasteiger partial charge >= 0.3 is 0 Å². The van der Waals surface area contributed by atoms with Crippen LogP contribution in [0.2, 0.25) is 0 Å². The van der Waals surface area contributed by atoms with E-state index < -0.39 is 0 Å². The summed E-state index contributed by atoms with van der Waals surface area (Å²) in [5.41, 5.74) is 0.372. The molecule has 0 spiro atoms. The maximum Gasteiger partial charge on any atom is 0.0547 e. The van der Waals surface area contributed by atoms with Crippen molar-refractivity contribution in [2.45, 2.75) is 46.1 Å². The molecule has 0 radical (unpaired) electrons. The average Bonchev–Trinajstić information content (AvgIpc) is 1.54. The lowest BCUT2D eigenvalue weighted by atomic mass is 9.72. The van der Waals surface area contributed by atoms with Crippen LogP contribution in [0.15, 0.2) is 0 Å². The molecule has 0 aromatic heterocycles. The fraction of sp³-hybridized carbons (Fsp3) is 1.00. The van der Waals surface area contributed by atoms with Gasteiger partial charge in [0.2, 0.25) is 0 Å². The molecule has 11 heavy (non-hydrogen) atoms. The quantitative estimate of drug-likeness (QED) is 0.571. The zero-order chi connectivity index (χ0) is 7.78. The minimum Gasteiger partial charge on any atom is -0.412 e. The van der Waals surface area contributed by atoms with Gasteiger partial charge in [0.25, 0.3) is 0 Å². The largest absolute Gasteiger partial charge is 0.412 e. The molecule has 0 heterocycles. The maximum absolute atomic E-state index is 9.42. The lowest BCUT2D eigenvalue weighted by Gasteiger charge is -2.36. The van der Waals surface area contributed by atoms with Gasteiger partial charge in [-0.15, -0.1) is 0 Å². The standard InChI is InChI=1S/C9H18O.H2O/c1-7-4-8(10)6-9(2,3)5-7;/h7-8,10H,4-6H2,1-3H3;1H2. The van der Waals surface area contributed by atoms with Gasteiger partial charge in [0.05, 0.1) is 6.10 Å². The van der Waals surface area contributed by atoms with Crippen LogP contribution in [0.4, 0.5) is 0 Å². The van der Waals surface area contributed by atoms with Crippen molar-refractivity contribution in [3.63, 3.8) is 0 Å². The van der Waals surface area contributed by atoms with Gasteiger partial charge in [-0.2, -0.15) is 0 Å². The van der Waals surface area contributed by atoms with Crippen molar-refractivity contribution in [3.05, 3.63) is 0 Å². The van der Waals surface area contributed by atoms with E-state index in [1.807, 2.05) is 0 Å². The summed E-state index contributed by atoms with van der Waals surface area (Å²) < 4.78 is 0. The van der Waals surface area contributed by atoms with Crippen molar-refractivity contribution in [1.82, 2.24) is 0 Å². The second-order valence-electron chi connectivity index (χ2n) is 4.57. The molecule has 0 saturated heterocycles. The van der Waals surface area contributed by atoms with Crippen LogP contribution >= 0.6 is 0 Å². The molecule has 0 amide bonds. The summed E-state index contributed by atoms with van der Waals surface area (Å²) in [6.07, 6.45) is 3.21. The van der Waals surface area contributed by atoms with Gasteiger partial charge in [-0.3, -0.25) is 0 Å². The third-order valence-electron chi connectivity index (χ3n) is 2.36. The molecule has 1 saturated carbocycles. The van der Waals surface area contributed by atoms with Crippen molar-refractivity contribution < 1.29 is 10.6 Å². The molecule has 2 atom stereocenters. The van der Waals surface area contributed by atoms with Crippen LogP contribution in [0.3, 0.4) is 0 Å². The van der Waals surface area contributed by atoms with E-state index in [0.29, 0.717) is 11.3 Å². The zero-order valence-electron chi connectivity index (χ0n) is 7.72. The Morgan fingerprint density at radius 3 is 2.18 bits per heavy atom. The fourth-order valence-electron chi connectivity index (χ4n) is 2.30. The Bertz CT molecular complexity index is 109. The van der Waals surface area contributed by atoms with Crippen LogP contribution in [0.25, 0.3) is 0 Å². The first-order valence-corrected chi connectivity index (χ1v) is 4.18. The number of aliphatic hydroxyl groups is 1. The summed E-state index contributed by atoms with van der Waals surface area (Å²) in [6, 6.07) is 0. The van der Waals surface area contributed by atoms with Crippen LogP contribution in [0.5, 0.6) is 0 Å². The molecule has 1 aliphatic rings. The predicted molar refractivity (Wildman–Crippen MR) is 46.4 cm³/mol. The van der Waals surface area contributed by atoms with E-state index in [0.717, 1.165) is 12.8 Å². The lowest BCUT2D eigenvalue weighted by Crippen LogP contribution is -2.30. The summed E-state index contributed by atoms with van der Waals surface area (Å²) >= 11 is 0. The van der Waals surface area contributed by atoms with Crippen LogP contribution in [0, 0.1) is 11.3 Å². The van der Waals surface area contributed by atoms with E-state index in [1.165, 1.54) is 6.42 Å². The van der Waals surface area contributed by atoms with Crippen molar-refractivity contribution in [1.29, 1.82) is 0 Å². The van der Waals surface area contributed by atoms with Gasteiger partial charge in [-0.25, -0.2) is 0 Å². The number of rotatable bonds is 0. The molecule has 68 valence electrons. The molecular formula is C9H20O2. The maximum atomic E-state index is 9.42. The SMILES string of the molecule is CC1CC(O)CC(C)(C)C1.O. The zero-order valence-corrected chi connectivity index (χ0v) is 7.72. The Morgan fingerprint density at radius 1 is 1.27 bits per heavy atom. The van der Waals surface area contributed by atoms with Crippen molar-refractivity contribution >= 4 is 0 Å². The van der Waals surface area contributed by atoms with Crippen molar-refractivity contribution in [2.75, 3.05) is 0 Å². The van der Waals surface area contributed by atoms with Gasteiger partial charge < -0.3 is 10.6 Å². The molecule has 2 nitrogen and oxygen atoms in total. The predicted octanol–water partition coefficient (Wildman–Crippen LogP) is 1.37. The van der Waals surface area contributed by atoms with Gasteiger partial charge in [-0.1, -0.05) is 20.8 Å². The summed E-state index contributed by atoms with van der Waals surface area (Å²) in [7, 11) is 0. The molecule has 2 heteroatoms. The van der Waals surface area contributed by atoms with E-state index in [-0.39, 0.29) is 11.6 Å². The highest BCUT2D eigenvalue weighted by Gasteiger charge is 2.30. The minimum absolute atomic E-state index is 0. The van der Waals surface area contributed by atoms with E-state index in [1.54, 1.807) is 0 Å². The Kier molecular flexibility index (Phi) is 3.52. The Balaban J connectivity index is 0.000001000. The van der Waals surface area contributed by atoms with E-state index >= 15 is 0 Å². The van der Waals surface area contributed by atoms with E-state index in [2.05, 4.69) is 20.8 Å². The molecule has 0 bridgehead atoms. The Morgan fingerprint density at radius 2 is 1.82 bits per heavy atom. The van der Waals surface area contributed by atoms with Gasteiger partial charge in [0.1, 0.15) is 0 Å². The number of hydrogen-bond donors (Lipinski definition) is 1. The molecule has 2 unspecified atom stereocenters. The molecule has 0 aromatic rings. The van der Waals surface area contributed by atoms with Gasteiger partial charge in [-0.05, 0) is 30.6 Å². The normalized spacial score (nSPS) is 36.0. The number of aliphatic hydroxyl groups excluding tert-OH is 1. The lowest BCUT2D eigenvalue weighted by molar-refractivity contribution is 0.0394. The average molecular weight is 160 g/mol. The molecular weight excluding hydrogens is 140 g/mol. The molecule has 1 aliphatic carbocycles. The number of hydrogen-bond acceptors (Lipinski definition) is 1. The molecule has 0 aromatic carbocycles. The topological polar surface area (TPSA) is 51.7 Å². The smallest absolute Gasteiger partial charge is 0.0547 e. The first-order chi connectivity index (χ1) is 4.49. The molecule has 3 N–H and O–H groups in total. The van der Waals surface area contributed by atoms with Gasteiger partial charge in [0.15, 0.2) is 0 Å². The second kappa shape index (κ2) is 3.55. The second-order valence-corrected chi connectivity index (χ2v) is 4.57. The Hall–Kier alpha value is -0.0800. The molecule has 0 aliphatic heterocycles. The minimum atomic E-state index is -0.0428. The van der Waals surface area contributed by atoms with E-state index in [9.17, 15) is 5.11 Å². The van der Waals surface area contributed by atoms with Crippen molar-refractivity contribution in [2.24, 2.45) is 11.3 Å². The molecule has 1 rings (SSSR count). The summed E-state index contributed by atoms with van der Waals surface area (Å²) in [5, 5.41) is 9.42. The summed E-state index contributed by atoms with van der Waals surface area (Å²) in [6.45, 7) is 6.71. The fourth-order valence-corrected chi connectivity index (χ4v) is 2.30. The van der Waals surface area contributed by atoms with Crippen LogP contribution in [0.1, 0.15) is 40.0 Å².